The Kier molecular flexibility index (Phi) is 4.35. The van der Waals surface area contributed by atoms with Gasteiger partial charge in [0.1, 0.15) is 9.34 Å². The lowest BCUT2D eigenvalue weighted by Gasteiger charge is -2.11. The molecular weight excluding hydrogens is 260 g/mol. The van der Waals surface area contributed by atoms with E-state index in [2.05, 4.69) is 34.7 Å². The van der Waals surface area contributed by atoms with Gasteiger partial charge in [0.25, 0.3) is 0 Å². The lowest BCUT2D eigenvalue weighted by Crippen LogP contribution is -2.27. The maximum atomic E-state index is 5.82. The van der Waals surface area contributed by atoms with Crippen molar-refractivity contribution in [2.75, 3.05) is 0 Å². The molecule has 5 heteroatoms. The highest BCUT2D eigenvalue weighted by molar-refractivity contribution is 7.15. The molecule has 0 aliphatic heterocycles. The van der Waals surface area contributed by atoms with Crippen LogP contribution in [0.15, 0.2) is 23.7 Å². The molecule has 0 amide bonds. The first kappa shape index (κ1) is 12.0. The molecule has 2 nitrogen and oxygen atoms in total. The summed E-state index contributed by atoms with van der Waals surface area (Å²) in [5, 5.41) is 6.60. The fourth-order valence-electron chi connectivity index (χ4n) is 1.43. The normalized spacial score (nSPS) is 12.9. The average Bonchev–Trinajstić information content (AvgIpc) is 2.87. The van der Waals surface area contributed by atoms with Crippen LogP contribution in [0.4, 0.5) is 0 Å². The van der Waals surface area contributed by atoms with Crippen molar-refractivity contribution in [3.05, 3.63) is 37.9 Å². The zero-order valence-corrected chi connectivity index (χ0v) is 11.3. The summed E-state index contributed by atoms with van der Waals surface area (Å²) in [6.45, 7) is 2.98. The number of thiazole rings is 1. The van der Waals surface area contributed by atoms with Gasteiger partial charge in [-0.25, -0.2) is 4.98 Å². The van der Waals surface area contributed by atoms with Gasteiger partial charge in [-0.3, -0.25) is 0 Å². The maximum Gasteiger partial charge on any atom is 0.113 e. The third-order valence-corrected chi connectivity index (χ3v) is 4.23. The van der Waals surface area contributed by atoms with Gasteiger partial charge in [0.05, 0.1) is 6.20 Å². The highest BCUT2D eigenvalue weighted by Gasteiger charge is 2.05. The van der Waals surface area contributed by atoms with Gasteiger partial charge in [-0.1, -0.05) is 17.7 Å². The molecule has 2 aromatic heterocycles. The molecule has 0 bridgehead atoms. The number of hydrogen-bond acceptors (Lipinski definition) is 4. The van der Waals surface area contributed by atoms with Crippen molar-refractivity contribution in [2.24, 2.45) is 0 Å². The van der Waals surface area contributed by atoms with Crippen LogP contribution in [0, 0.1) is 0 Å². The molecular formula is C11H13ClN2S2. The number of thiophene rings is 1. The molecule has 0 saturated carbocycles. The summed E-state index contributed by atoms with van der Waals surface area (Å²) < 4.78 is 0.753. The van der Waals surface area contributed by atoms with E-state index in [1.807, 2.05) is 0 Å². The highest BCUT2D eigenvalue weighted by atomic mass is 35.5. The highest BCUT2D eigenvalue weighted by Crippen LogP contribution is 2.18. The average molecular weight is 273 g/mol. The van der Waals surface area contributed by atoms with Gasteiger partial charge in [-0.2, -0.15) is 0 Å². The van der Waals surface area contributed by atoms with Crippen molar-refractivity contribution in [1.29, 1.82) is 0 Å². The number of hydrogen-bond donors (Lipinski definition) is 1. The van der Waals surface area contributed by atoms with Crippen molar-refractivity contribution in [3.63, 3.8) is 0 Å². The summed E-state index contributed by atoms with van der Waals surface area (Å²) in [7, 11) is 0. The van der Waals surface area contributed by atoms with E-state index in [-0.39, 0.29) is 0 Å². The molecule has 0 aliphatic carbocycles. The lowest BCUT2D eigenvalue weighted by atomic mass is 10.2. The molecule has 1 unspecified atom stereocenters. The Morgan fingerprint density at radius 1 is 1.56 bits per heavy atom. The smallest absolute Gasteiger partial charge is 0.113 e. The Morgan fingerprint density at radius 2 is 2.44 bits per heavy atom. The molecule has 0 saturated heterocycles. The van der Waals surface area contributed by atoms with Crippen LogP contribution in [0.3, 0.4) is 0 Å². The minimum absolute atomic E-state index is 0.460. The van der Waals surface area contributed by atoms with Crippen molar-refractivity contribution in [2.45, 2.75) is 25.9 Å². The van der Waals surface area contributed by atoms with Gasteiger partial charge >= 0.3 is 0 Å². The van der Waals surface area contributed by atoms with E-state index < -0.39 is 0 Å². The van der Waals surface area contributed by atoms with Crippen LogP contribution in [0.25, 0.3) is 0 Å². The van der Waals surface area contributed by atoms with E-state index in [1.165, 1.54) is 16.2 Å². The van der Waals surface area contributed by atoms with Crippen molar-refractivity contribution >= 4 is 34.3 Å². The van der Waals surface area contributed by atoms with Crippen LogP contribution in [0.1, 0.15) is 16.8 Å². The SMILES string of the molecule is CC(Cc1cccs1)NCc1ncc(Cl)s1. The predicted octanol–water partition coefficient (Wildman–Crippen LogP) is 3.58. The standard InChI is InChI=1S/C11H13ClN2S2/c1-8(5-9-3-2-4-15-9)13-7-11-14-6-10(12)16-11/h2-4,6,8,13H,5,7H2,1H3. The molecule has 2 aromatic rings. The van der Waals surface area contributed by atoms with E-state index in [1.54, 1.807) is 17.5 Å². The third-order valence-electron chi connectivity index (χ3n) is 2.21. The van der Waals surface area contributed by atoms with Gasteiger partial charge in [0.2, 0.25) is 0 Å². The number of nitrogens with one attached hydrogen (secondary N) is 1. The van der Waals surface area contributed by atoms with Crippen molar-refractivity contribution < 1.29 is 0 Å². The molecule has 16 heavy (non-hydrogen) atoms. The minimum Gasteiger partial charge on any atom is -0.308 e. The minimum atomic E-state index is 0.460. The van der Waals surface area contributed by atoms with Crippen LogP contribution < -0.4 is 5.32 Å². The fourth-order valence-corrected chi connectivity index (χ4v) is 3.18. The van der Waals surface area contributed by atoms with Gasteiger partial charge in [0.15, 0.2) is 0 Å². The Morgan fingerprint density at radius 3 is 3.06 bits per heavy atom. The van der Waals surface area contributed by atoms with Crippen LogP contribution in [0.2, 0.25) is 4.34 Å². The molecule has 0 aromatic carbocycles. The monoisotopic (exact) mass is 272 g/mol. The summed E-state index contributed by atoms with van der Waals surface area (Å²) >= 11 is 9.16. The largest absolute Gasteiger partial charge is 0.308 e. The molecule has 2 heterocycles. The number of halogens is 1. The van der Waals surface area contributed by atoms with E-state index >= 15 is 0 Å². The van der Waals surface area contributed by atoms with E-state index in [4.69, 9.17) is 11.6 Å². The third kappa shape index (κ3) is 3.56. The zero-order chi connectivity index (χ0) is 11.4. The summed E-state index contributed by atoms with van der Waals surface area (Å²) in [6.07, 6.45) is 2.77. The van der Waals surface area contributed by atoms with Gasteiger partial charge in [-0.15, -0.1) is 22.7 Å². The predicted molar refractivity (Wildman–Crippen MR) is 71.4 cm³/mol. The Labute approximate surface area is 108 Å². The first-order valence-corrected chi connectivity index (χ1v) is 7.17. The Balaban J connectivity index is 1.77. The zero-order valence-electron chi connectivity index (χ0n) is 8.94. The first-order valence-electron chi connectivity index (χ1n) is 5.10. The summed E-state index contributed by atoms with van der Waals surface area (Å²) in [6, 6.07) is 4.72. The molecule has 0 aliphatic rings. The molecule has 1 atom stereocenters. The lowest BCUT2D eigenvalue weighted by molar-refractivity contribution is 0.547. The number of aromatic nitrogens is 1. The van der Waals surface area contributed by atoms with Crippen LogP contribution in [0.5, 0.6) is 0 Å². The second kappa shape index (κ2) is 5.77. The van der Waals surface area contributed by atoms with Crippen LogP contribution in [-0.4, -0.2) is 11.0 Å². The second-order valence-electron chi connectivity index (χ2n) is 3.62. The molecule has 0 fully saturated rings. The van der Waals surface area contributed by atoms with E-state index in [0.29, 0.717) is 6.04 Å². The molecule has 1 N–H and O–H groups in total. The molecule has 2 rings (SSSR count). The summed E-state index contributed by atoms with van der Waals surface area (Å²) in [5.74, 6) is 0. The molecule has 86 valence electrons. The Bertz CT molecular complexity index is 425. The van der Waals surface area contributed by atoms with Crippen molar-refractivity contribution in [3.8, 4) is 0 Å². The van der Waals surface area contributed by atoms with Gasteiger partial charge < -0.3 is 5.32 Å². The van der Waals surface area contributed by atoms with Gasteiger partial charge in [0, 0.05) is 17.5 Å². The first-order chi connectivity index (χ1) is 7.74. The summed E-state index contributed by atoms with van der Waals surface area (Å²) in [5.41, 5.74) is 0. The van der Waals surface area contributed by atoms with E-state index in [9.17, 15) is 0 Å². The molecule has 0 radical (unpaired) electrons. The van der Waals surface area contributed by atoms with Crippen molar-refractivity contribution in [1.82, 2.24) is 10.3 Å². The van der Waals surface area contributed by atoms with E-state index in [0.717, 1.165) is 22.3 Å². The maximum absolute atomic E-state index is 5.82. The van der Waals surface area contributed by atoms with Crippen LogP contribution in [-0.2, 0) is 13.0 Å². The Hall–Kier alpha value is -0.420. The fraction of sp³-hybridized carbons (Fsp3) is 0.364. The topological polar surface area (TPSA) is 24.9 Å². The van der Waals surface area contributed by atoms with Crippen LogP contribution >= 0.6 is 34.3 Å². The quantitative estimate of drug-likeness (QED) is 0.900. The number of nitrogens with zero attached hydrogens (tertiary/aromatic N) is 1. The molecule has 0 spiro atoms. The summed E-state index contributed by atoms with van der Waals surface area (Å²) in [4.78, 5) is 5.63. The number of rotatable bonds is 5. The van der Waals surface area contributed by atoms with Gasteiger partial charge in [-0.05, 0) is 24.8 Å². The second-order valence-corrected chi connectivity index (χ2v) is 6.40.